The predicted octanol–water partition coefficient (Wildman–Crippen LogP) is 13.9. The van der Waals surface area contributed by atoms with Gasteiger partial charge in [0.2, 0.25) is 0 Å². The van der Waals surface area contributed by atoms with E-state index in [4.69, 9.17) is 4.42 Å². The van der Waals surface area contributed by atoms with E-state index in [1.165, 1.54) is 42.1 Å². The maximum absolute atomic E-state index is 6.91. The number of fused-ring (bicyclic) bond motifs is 7. The van der Waals surface area contributed by atoms with Crippen LogP contribution in [0.25, 0.3) is 75.1 Å². The van der Waals surface area contributed by atoms with E-state index < -0.39 is 0 Å². The molecular formula is C46H29NOS. The molecule has 0 amide bonds. The second-order valence-electron chi connectivity index (χ2n) is 12.5. The Morgan fingerprint density at radius 3 is 1.92 bits per heavy atom. The van der Waals surface area contributed by atoms with Crippen LogP contribution in [0.4, 0.5) is 17.1 Å². The summed E-state index contributed by atoms with van der Waals surface area (Å²) in [5.41, 5.74) is 9.61. The largest absolute Gasteiger partial charge is 0.453 e. The van der Waals surface area contributed by atoms with Crippen LogP contribution in [0, 0.1) is 0 Å². The first-order valence-electron chi connectivity index (χ1n) is 16.6. The van der Waals surface area contributed by atoms with Crippen molar-refractivity contribution in [2.24, 2.45) is 0 Å². The van der Waals surface area contributed by atoms with Gasteiger partial charge in [-0.25, -0.2) is 0 Å². The maximum Gasteiger partial charge on any atom is 0.159 e. The van der Waals surface area contributed by atoms with Crippen LogP contribution in [0.5, 0.6) is 0 Å². The number of para-hydroxylation sites is 2. The number of furan rings is 1. The van der Waals surface area contributed by atoms with E-state index in [9.17, 15) is 0 Å². The van der Waals surface area contributed by atoms with Gasteiger partial charge in [-0.3, -0.25) is 0 Å². The highest BCUT2D eigenvalue weighted by molar-refractivity contribution is 7.25. The van der Waals surface area contributed by atoms with E-state index in [1.54, 1.807) is 0 Å². The molecule has 0 aliphatic heterocycles. The maximum atomic E-state index is 6.91. The average molecular weight is 644 g/mol. The summed E-state index contributed by atoms with van der Waals surface area (Å²) in [7, 11) is 0. The Bertz CT molecular complexity index is 2830. The van der Waals surface area contributed by atoms with E-state index >= 15 is 0 Å². The minimum absolute atomic E-state index is 0.868. The van der Waals surface area contributed by atoms with Crippen molar-refractivity contribution in [3.05, 3.63) is 176 Å². The normalized spacial score (nSPS) is 11.7. The van der Waals surface area contributed by atoms with Crippen molar-refractivity contribution in [3.63, 3.8) is 0 Å². The van der Waals surface area contributed by atoms with E-state index in [-0.39, 0.29) is 0 Å². The molecule has 0 radical (unpaired) electrons. The minimum Gasteiger partial charge on any atom is -0.453 e. The molecule has 10 rings (SSSR count). The van der Waals surface area contributed by atoms with Gasteiger partial charge in [0.25, 0.3) is 0 Å². The van der Waals surface area contributed by atoms with E-state index in [0.29, 0.717) is 0 Å². The van der Waals surface area contributed by atoms with Gasteiger partial charge < -0.3 is 9.32 Å². The molecule has 8 aromatic carbocycles. The molecule has 0 spiro atoms. The highest BCUT2D eigenvalue weighted by atomic mass is 32.1. The van der Waals surface area contributed by atoms with Crippen molar-refractivity contribution in [1.82, 2.24) is 0 Å². The molecule has 0 saturated carbocycles. The summed E-state index contributed by atoms with van der Waals surface area (Å²) in [6.45, 7) is 0. The molecular weight excluding hydrogens is 615 g/mol. The number of benzene rings is 8. The molecule has 0 aliphatic rings. The van der Waals surface area contributed by atoms with Gasteiger partial charge in [0.1, 0.15) is 5.58 Å². The summed E-state index contributed by atoms with van der Waals surface area (Å²) in [4.78, 5) is 2.34. The van der Waals surface area contributed by atoms with Gasteiger partial charge in [-0.05, 0) is 69.9 Å². The molecule has 230 valence electrons. The highest BCUT2D eigenvalue weighted by Crippen LogP contribution is 2.45. The first-order valence-corrected chi connectivity index (χ1v) is 17.4. The molecule has 10 aromatic rings. The molecule has 0 fully saturated rings. The zero-order valence-electron chi connectivity index (χ0n) is 26.5. The van der Waals surface area contributed by atoms with Crippen molar-refractivity contribution in [2.75, 3.05) is 4.90 Å². The van der Waals surface area contributed by atoms with Gasteiger partial charge >= 0.3 is 0 Å². The molecule has 0 bridgehead atoms. The zero-order valence-corrected chi connectivity index (χ0v) is 27.3. The van der Waals surface area contributed by atoms with Gasteiger partial charge in [-0.2, -0.15) is 0 Å². The summed E-state index contributed by atoms with van der Waals surface area (Å²) in [6, 6.07) is 63.1. The molecule has 0 saturated heterocycles. The third kappa shape index (κ3) is 4.55. The van der Waals surface area contributed by atoms with E-state index in [2.05, 4.69) is 181 Å². The van der Waals surface area contributed by atoms with Gasteiger partial charge in [-0.1, -0.05) is 133 Å². The SMILES string of the molecule is c1ccc(-c2cccc3c2oc2c(N(c4ccc(-c5cccc6sc7ccccc7c56)cc4)c4ccc5ccccc5c4)cccc23)cc1. The molecule has 0 N–H and O–H groups in total. The standard InChI is InChI=1S/C46H29NOS/c1-2-12-31(13-3-1)37-17-8-18-38-39-19-9-20-41(46(39)48-45(37)38)47(35-28-23-30-11-4-5-14-33(30)29-35)34-26-24-32(25-27-34)36-16-10-22-43-44(36)40-15-6-7-21-42(40)49-43/h1-29H. The monoisotopic (exact) mass is 643 g/mol. The van der Waals surface area contributed by atoms with Crippen LogP contribution in [0.15, 0.2) is 180 Å². The Morgan fingerprint density at radius 2 is 1.04 bits per heavy atom. The number of nitrogens with zero attached hydrogens (tertiary/aromatic N) is 1. The lowest BCUT2D eigenvalue weighted by molar-refractivity contribution is 0.670. The quantitative estimate of drug-likeness (QED) is 0.186. The van der Waals surface area contributed by atoms with Gasteiger partial charge in [-0.15, -0.1) is 11.3 Å². The molecule has 3 heteroatoms. The zero-order chi connectivity index (χ0) is 32.3. The Hall–Kier alpha value is -6.16. The fourth-order valence-electron chi connectivity index (χ4n) is 7.37. The van der Waals surface area contributed by atoms with Crippen molar-refractivity contribution >= 4 is 81.3 Å². The molecule has 2 aromatic heterocycles. The lowest BCUT2D eigenvalue weighted by Crippen LogP contribution is -2.10. The lowest BCUT2D eigenvalue weighted by atomic mass is 9.99. The Balaban J connectivity index is 1.17. The summed E-state index contributed by atoms with van der Waals surface area (Å²) in [5.74, 6) is 0. The minimum atomic E-state index is 0.868. The van der Waals surface area contributed by atoms with Crippen LogP contribution in [-0.4, -0.2) is 0 Å². The highest BCUT2D eigenvalue weighted by Gasteiger charge is 2.21. The smallest absolute Gasteiger partial charge is 0.159 e. The number of rotatable bonds is 5. The lowest BCUT2D eigenvalue weighted by Gasteiger charge is -2.26. The van der Waals surface area contributed by atoms with Crippen LogP contribution in [0.2, 0.25) is 0 Å². The van der Waals surface area contributed by atoms with Crippen molar-refractivity contribution in [3.8, 4) is 22.3 Å². The molecule has 2 heterocycles. The van der Waals surface area contributed by atoms with Crippen molar-refractivity contribution in [2.45, 2.75) is 0 Å². The fourth-order valence-corrected chi connectivity index (χ4v) is 8.51. The van der Waals surface area contributed by atoms with Crippen LogP contribution in [0.1, 0.15) is 0 Å². The second kappa shape index (κ2) is 11.2. The third-order valence-corrected chi connectivity index (χ3v) is 10.8. The third-order valence-electron chi connectivity index (χ3n) is 9.66. The second-order valence-corrected chi connectivity index (χ2v) is 13.6. The molecule has 2 nitrogen and oxygen atoms in total. The molecule has 0 aliphatic carbocycles. The van der Waals surface area contributed by atoms with Crippen LogP contribution in [0.3, 0.4) is 0 Å². The Morgan fingerprint density at radius 1 is 0.408 bits per heavy atom. The fraction of sp³-hybridized carbons (Fsp3) is 0. The topological polar surface area (TPSA) is 16.4 Å². The average Bonchev–Trinajstić information content (AvgIpc) is 3.75. The van der Waals surface area contributed by atoms with Gasteiger partial charge in [0.15, 0.2) is 5.58 Å². The predicted molar refractivity (Wildman–Crippen MR) is 210 cm³/mol. The van der Waals surface area contributed by atoms with E-state index in [0.717, 1.165) is 50.1 Å². The Labute approximate surface area is 287 Å². The van der Waals surface area contributed by atoms with Gasteiger partial charge in [0, 0.05) is 47.9 Å². The summed E-state index contributed by atoms with van der Waals surface area (Å²) >= 11 is 1.86. The van der Waals surface area contributed by atoms with Crippen LogP contribution in [-0.2, 0) is 0 Å². The van der Waals surface area contributed by atoms with Crippen LogP contribution < -0.4 is 4.90 Å². The molecule has 0 atom stereocenters. The summed E-state index contributed by atoms with van der Waals surface area (Å²) in [6.07, 6.45) is 0. The number of anilines is 3. The summed E-state index contributed by atoms with van der Waals surface area (Å²) < 4.78 is 9.54. The van der Waals surface area contributed by atoms with Crippen molar-refractivity contribution < 1.29 is 4.42 Å². The molecule has 0 unspecified atom stereocenters. The number of hydrogen-bond acceptors (Lipinski definition) is 3. The number of hydrogen-bond donors (Lipinski definition) is 0. The first-order chi connectivity index (χ1) is 24.3. The Kier molecular flexibility index (Phi) is 6.39. The van der Waals surface area contributed by atoms with Crippen LogP contribution >= 0.6 is 11.3 Å². The first kappa shape index (κ1) is 27.9. The molecule has 49 heavy (non-hydrogen) atoms. The van der Waals surface area contributed by atoms with E-state index in [1.807, 2.05) is 11.3 Å². The summed E-state index contributed by atoms with van der Waals surface area (Å²) in [5, 5.41) is 7.26. The number of thiophene rings is 1. The van der Waals surface area contributed by atoms with Gasteiger partial charge in [0.05, 0.1) is 5.69 Å². The van der Waals surface area contributed by atoms with Crippen molar-refractivity contribution in [1.29, 1.82) is 0 Å².